The third-order valence-electron chi connectivity index (χ3n) is 6.27. The maximum atomic E-state index is 13.4. The number of rotatable bonds is 3. The molecule has 31 heavy (non-hydrogen) atoms. The van der Waals surface area contributed by atoms with E-state index in [1.54, 1.807) is 19.1 Å². The Morgan fingerprint density at radius 1 is 1.00 bits per heavy atom. The van der Waals surface area contributed by atoms with Gasteiger partial charge in [0.2, 0.25) is 0 Å². The molecule has 0 radical (unpaired) electrons. The van der Waals surface area contributed by atoms with E-state index in [0.717, 1.165) is 16.7 Å². The highest BCUT2D eigenvalue weighted by Gasteiger charge is 2.49. The fourth-order valence-corrected chi connectivity index (χ4v) is 4.22. The molecule has 4 rings (SSSR count). The predicted octanol–water partition coefficient (Wildman–Crippen LogP) is 4.34. The van der Waals surface area contributed by atoms with Gasteiger partial charge in [0.05, 0.1) is 6.54 Å². The summed E-state index contributed by atoms with van der Waals surface area (Å²) in [5, 5.41) is 2.89. The van der Waals surface area contributed by atoms with E-state index in [9.17, 15) is 9.59 Å². The lowest BCUT2D eigenvalue weighted by molar-refractivity contribution is -0.131. The molecule has 0 unspecified atom stereocenters. The summed E-state index contributed by atoms with van der Waals surface area (Å²) in [6.45, 7) is 13.5. The van der Waals surface area contributed by atoms with Crippen LogP contribution in [0.4, 0.5) is 4.79 Å². The molecule has 2 aliphatic heterocycles. The van der Waals surface area contributed by atoms with Crippen molar-refractivity contribution in [2.75, 3.05) is 13.2 Å². The number of urea groups is 1. The van der Waals surface area contributed by atoms with Crippen LogP contribution in [0.25, 0.3) is 0 Å². The molecular formula is C25H30N2O4. The van der Waals surface area contributed by atoms with Crippen molar-refractivity contribution >= 4 is 11.9 Å². The van der Waals surface area contributed by atoms with Crippen LogP contribution in [0.2, 0.25) is 0 Å². The van der Waals surface area contributed by atoms with Crippen molar-refractivity contribution in [3.63, 3.8) is 0 Å². The number of hydrogen-bond donors (Lipinski definition) is 1. The van der Waals surface area contributed by atoms with Crippen molar-refractivity contribution in [1.29, 1.82) is 0 Å². The second-order valence-corrected chi connectivity index (χ2v) is 9.64. The number of nitrogens with zero attached hydrogens (tertiary/aromatic N) is 1. The van der Waals surface area contributed by atoms with Crippen molar-refractivity contribution in [3.8, 4) is 11.5 Å². The van der Waals surface area contributed by atoms with Gasteiger partial charge in [-0.15, -0.1) is 0 Å². The lowest BCUT2D eigenvalue weighted by Crippen LogP contribution is -2.41. The molecule has 1 fully saturated rings. The fraction of sp³-hybridized carbons (Fsp3) is 0.440. The van der Waals surface area contributed by atoms with E-state index in [4.69, 9.17) is 9.47 Å². The van der Waals surface area contributed by atoms with E-state index in [0.29, 0.717) is 30.3 Å². The molecule has 1 atom stereocenters. The van der Waals surface area contributed by atoms with Gasteiger partial charge < -0.3 is 14.8 Å². The number of amides is 3. The highest BCUT2D eigenvalue weighted by molar-refractivity contribution is 6.07. The fourth-order valence-electron chi connectivity index (χ4n) is 4.22. The van der Waals surface area contributed by atoms with Crippen molar-refractivity contribution < 1.29 is 19.1 Å². The Morgan fingerprint density at radius 2 is 1.61 bits per heavy atom. The van der Waals surface area contributed by atoms with Crippen LogP contribution in [0.15, 0.2) is 30.3 Å². The normalized spacial score (nSPS) is 20.8. The molecule has 2 aromatic carbocycles. The van der Waals surface area contributed by atoms with Gasteiger partial charge in [0, 0.05) is 0 Å². The number of benzene rings is 2. The molecule has 0 bridgehead atoms. The average Bonchev–Trinajstić information content (AvgIpc) is 2.93. The van der Waals surface area contributed by atoms with Crippen LogP contribution < -0.4 is 14.8 Å². The van der Waals surface area contributed by atoms with Crippen LogP contribution in [0.1, 0.15) is 55.5 Å². The third-order valence-corrected chi connectivity index (χ3v) is 6.27. The molecule has 2 aliphatic rings. The molecule has 0 aliphatic carbocycles. The third kappa shape index (κ3) is 3.64. The molecular weight excluding hydrogens is 392 g/mol. The Kier molecular flexibility index (Phi) is 4.99. The summed E-state index contributed by atoms with van der Waals surface area (Å²) in [5.74, 6) is 0.972. The van der Waals surface area contributed by atoms with Gasteiger partial charge >= 0.3 is 6.03 Å². The van der Waals surface area contributed by atoms with E-state index in [-0.39, 0.29) is 23.9 Å². The van der Waals surface area contributed by atoms with Gasteiger partial charge in [-0.2, -0.15) is 0 Å². The minimum Gasteiger partial charge on any atom is -0.486 e. The first-order valence-corrected chi connectivity index (χ1v) is 10.7. The molecule has 6 nitrogen and oxygen atoms in total. The quantitative estimate of drug-likeness (QED) is 0.747. The average molecular weight is 423 g/mol. The zero-order valence-electron chi connectivity index (χ0n) is 19.1. The zero-order valence-corrected chi connectivity index (χ0v) is 19.1. The molecule has 6 heteroatoms. The summed E-state index contributed by atoms with van der Waals surface area (Å²) in [6.07, 6.45) is 0. The predicted molar refractivity (Wildman–Crippen MR) is 118 cm³/mol. The first-order chi connectivity index (χ1) is 14.5. The topological polar surface area (TPSA) is 67.9 Å². The second kappa shape index (κ2) is 7.29. The molecule has 3 amide bonds. The van der Waals surface area contributed by atoms with E-state index < -0.39 is 5.54 Å². The largest absolute Gasteiger partial charge is 0.486 e. The van der Waals surface area contributed by atoms with Gasteiger partial charge in [-0.05, 0) is 66.1 Å². The summed E-state index contributed by atoms with van der Waals surface area (Å²) < 4.78 is 11.2. The summed E-state index contributed by atoms with van der Waals surface area (Å²) in [4.78, 5) is 27.6. The summed E-state index contributed by atoms with van der Waals surface area (Å²) in [6, 6.07) is 9.30. The molecule has 1 N–H and O–H groups in total. The summed E-state index contributed by atoms with van der Waals surface area (Å²) in [7, 11) is 0. The maximum Gasteiger partial charge on any atom is 0.325 e. The van der Waals surface area contributed by atoms with E-state index >= 15 is 0 Å². The van der Waals surface area contributed by atoms with Crippen LogP contribution in [-0.4, -0.2) is 30.1 Å². The van der Waals surface area contributed by atoms with Crippen LogP contribution >= 0.6 is 0 Å². The first-order valence-electron chi connectivity index (χ1n) is 10.7. The lowest BCUT2D eigenvalue weighted by atomic mass is 9.83. The minimum absolute atomic E-state index is 0.0334. The van der Waals surface area contributed by atoms with E-state index in [1.807, 2.05) is 19.9 Å². The first kappa shape index (κ1) is 21.2. The SMILES string of the molecule is Cc1cc(C(C)(C)C)cc(C)c1CN1C(=O)N[C@@](C)(c2ccc3c(c2)OCCO3)C1=O. The van der Waals surface area contributed by atoms with Crippen LogP contribution in [0, 0.1) is 13.8 Å². The standard InChI is InChI=1S/C25H30N2O4/c1-15-11-18(24(3,4)5)12-16(2)19(15)14-27-22(28)25(6,26-23(27)29)17-7-8-20-21(13-17)31-10-9-30-20/h7-8,11-13H,9-10,14H2,1-6H3,(H,26,29)/t25-/m0/s1. The molecule has 0 saturated carbocycles. The Morgan fingerprint density at radius 3 is 2.23 bits per heavy atom. The summed E-state index contributed by atoms with van der Waals surface area (Å²) >= 11 is 0. The number of nitrogens with one attached hydrogen (secondary N) is 1. The monoisotopic (exact) mass is 422 g/mol. The Hall–Kier alpha value is -3.02. The van der Waals surface area contributed by atoms with Gasteiger partial charge in [-0.1, -0.05) is 39.0 Å². The second-order valence-electron chi connectivity index (χ2n) is 9.64. The lowest BCUT2D eigenvalue weighted by Gasteiger charge is -2.26. The Labute approximate surface area is 183 Å². The van der Waals surface area contributed by atoms with Crippen LogP contribution in [0.3, 0.4) is 0 Å². The number of carbonyl (C=O) groups is 2. The van der Waals surface area contributed by atoms with Gasteiger partial charge in [-0.25, -0.2) is 4.79 Å². The minimum atomic E-state index is -1.15. The van der Waals surface area contributed by atoms with Gasteiger partial charge in [-0.3, -0.25) is 9.69 Å². The smallest absolute Gasteiger partial charge is 0.325 e. The van der Waals surface area contributed by atoms with Crippen LogP contribution in [0.5, 0.6) is 11.5 Å². The van der Waals surface area contributed by atoms with Gasteiger partial charge in [0.1, 0.15) is 18.8 Å². The molecule has 164 valence electrons. The van der Waals surface area contributed by atoms with Gasteiger partial charge in [0.15, 0.2) is 11.5 Å². The Balaban J connectivity index is 1.64. The van der Waals surface area contributed by atoms with Crippen LogP contribution in [-0.2, 0) is 22.3 Å². The number of fused-ring (bicyclic) bond motifs is 1. The molecule has 1 saturated heterocycles. The highest BCUT2D eigenvalue weighted by Crippen LogP contribution is 2.37. The molecule has 0 aromatic heterocycles. The number of aryl methyl sites for hydroxylation is 2. The molecule has 0 spiro atoms. The molecule has 2 heterocycles. The molecule has 2 aromatic rings. The maximum absolute atomic E-state index is 13.4. The number of imide groups is 1. The number of hydrogen-bond acceptors (Lipinski definition) is 4. The summed E-state index contributed by atoms with van der Waals surface area (Å²) in [5.41, 5.74) is 3.96. The van der Waals surface area contributed by atoms with Gasteiger partial charge in [0.25, 0.3) is 5.91 Å². The van der Waals surface area contributed by atoms with E-state index in [2.05, 4.69) is 38.2 Å². The van der Waals surface area contributed by atoms with E-state index in [1.165, 1.54) is 10.5 Å². The van der Waals surface area contributed by atoms with Crippen molar-refractivity contribution in [2.24, 2.45) is 0 Å². The number of ether oxygens (including phenoxy) is 2. The van der Waals surface area contributed by atoms with Crippen molar-refractivity contribution in [2.45, 2.75) is 59.0 Å². The highest BCUT2D eigenvalue weighted by atomic mass is 16.6. The zero-order chi connectivity index (χ0) is 22.6. The van der Waals surface area contributed by atoms with Crippen molar-refractivity contribution in [1.82, 2.24) is 10.2 Å². The number of carbonyl (C=O) groups excluding carboxylic acids is 2. The van der Waals surface area contributed by atoms with Crippen molar-refractivity contribution in [3.05, 3.63) is 58.1 Å². The Bertz CT molecular complexity index is 1050.